The Morgan fingerprint density at radius 3 is 2.92 bits per heavy atom. The van der Waals surface area contributed by atoms with Gasteiger partial charge in [0.15, 0.2) is 0 Å². The molecule has 0 bridgehead atoms. The van der Waals surface area contributed by atoms with Crippen LogP contribution in [0.5, 0.6) is 0 Å². The molecular weight excluding hydrogens is 314 g/mol. The molecule has 3 aromatic rings. The highest BCUT2D eigenvalue weighted by Crippen LogP contribution is 2.19. The molecule has 1 unspecified atom stereocenters. The number of nitrogens with zero attached hydrogens (tertiary/aromatic N) is 2. The summed E-state index contributed by atoms with van der Waals surface area (Å²) in [5.41, 5.74) is 9.76. The standard InChI is InChI=1S/C19H21N5O/c1-12(6-14-9-23-17-5-3-2-4-16(14)17)22-10-18-15(11-25)7-13(8-20)19(21)24-18/h2-5,7,9,12,22-23,25H,6,10-11H2,1H3,(H2,21,24). The number of para-hydroxylation sites is 1. The number of hydrogen-bond acceptors (Lipinski definition) is 5. The molecule has 1 aromatic carbocycles. The summed E-state index contributed by atoms with van der Waals surface area (Å²) in [4.78, 5) is 7.55. The van der Waals surface area contributed by atoms with Crippen molar-refractivity contribution in [1.29, 1.82) is 5.26 Å². The minimum absolute atomic E-state index is 0.171. The lowest BCUT2D eigenvalue weighted by atomic mass is 10.1. The summed E-state index contributed by atoms with van der Waals surface area (Å²) < 4.78 is 0. The molecule has 128 valence electrons. The number of aliphatic hydroxyl groups excluding tert-OH is 1. The third-order valence-electron chi connectivity index (χ3n) is 4.33. The summed E-state index contributed by atoms with van der Waals surface area (Å²) in [5, 5.41) is 23.2. The molecule has 5 N–H and O–H groups in total. The number of hydrogen-bond donors (Lipinski definition) is 4. The Morgan fingerprint density at radius 1 is 1.36 bits per heavy atom. The summed E-state index contributed by atoms with van der Waals surface area (Å²) in [6, 6.07) is 12.0. The molecule has 2 aromatic heterocycles. The SMILES string of the molecule is CC(Cc1c[nH]c2ccccc12)NCc1nc(N)c(C#N)cc1CO. The molecule has 0 aliphatic heterocycles. The molecule has 0 amide bonds. The maximum atomic E-state index is 9.50. The van der Waals surface area contributed by atoms with Crippen molar-refractivity contribution >= 4 is 16.7 Å². The van der Waals surface area contributed by atoms with Crippen LogP contribution in [0.15, 0.2) is 36.5 Å². The van der Waals surface area contributed by atoms with E-state index >= 15 is 0 Å². The van der Waals surface area contributed by atoms with Crippen LogP contribution >= 0.6 is 0 Å². The second-order valence-corrected chi connectivity index (χ2v) is 6.14. The summed E-state index contributed by atoms with van der Waals surface area (Å²) in [7, 11) is 0. The molecule has 0 radical (unpaired) electrons. The Labute approximate surface area is 146 Å². The van der Waals surface area contributed by atoms with Crippen LogP contribution in [0.25, 0.3) is 10.9 Å². The predicted octanol–water partition coefficient (Wildman–Crippen LogP) is 2.23. The van der Waals surface area contributed by atoms with E-state index in [1.165, 1.54) is 10.9 Å². The zero-order valence-corrected chi connectivity index (χ0v) is 14.1. The molecule has 6 heteroatoms. The van der Waals surface area contributed by atoms with Gasteiger partial charge in [-0.1, -0.05) is 18.2 Å². The average Bonchev–Trinajstić information content (AvgIpc) is 3.03. The third kappa shape index (κ3) is 3.63. The molecule has 2 heterocycles. The smallest absolute Gasteiger partial charge is 0.141 e. The van der Waals surface area contributed by atoms with Gasteiger partial charge in [0.25, 0.3) is 0 Å². The van der Waals surface area contributed by atoms with E-state index in [1.54, 1.807) is 6.07 Å². The number of anilines is 1. The van der Waals surface area contributed by atoms with Gasteiger partial charge in [0, 0.05) is 35.2 Å². The first kappa shape index (κ1) is 17.0. The van der Waals surface area contributed by atoms with Crippen LogP contribution < -0.4 is 11.1 Å². The number of benzene rings is 1. The van der Waals surface area contributed by atoms with Crippen molar-refractivity contribution in [2.24, 2.45) is 0 Å². The number of H-pyrrole nitrogens is 1. The molecule has 6 nitrogen and oxygen atoms in total. The first-order chi connectivity index (χ1) is 12.1. The quantitative estimate of drug-likeness (QED) is 0.552. The van der Waals surface area contributed by atoms with Gasteiger partial charge in [0.05, 0.1) is 17.9 Å². The molecule has 3 rings (SSSR count). The van der Waals surface area contributed by atoms with Crippen molar-refractivity contribution in [3.05, 3.63) is 58.9 Å². The van der Waals surface area contributed by atoms with E-state index in [-0.39, 0.29) is 18.5 Å². The second kappa shape index (κ2) is 7.34. The zero-order chi connectivity index (χ0) is 17.8. The highest BCUT2D eigenvalue weighted by Gasteiger charge is 2.12. The molecule has 25 heavy (non-hydrogen) atoms. The molecule has 0 fully saturated rings. The maximum Gasteiger partial charge on any atom is 0.141 e. The second-order valence-electron chi connectivity index (χ2n) is 6.14. The van der Waals surface area contributed by atoms with Crippen molar-refractivity contribution in [2.45, 2.75) is 32.5 Å². The van der Waals surface area contributed by atoms with Gasteiger partial charge in [-0.3, -0.25) is 0 Å². The van der Waals surface area contributed by atoms with Crippen molar-refractivity contribution < 1.29 is 5.11 Å². The highest BCUT2D eigenvalue weighted by molar-refractivity contribution is 5.83. The number of aromatic nitrogens is 2. The molecule has 0 saturated heterocycles. The van der Waals surface area contributed by atoms with E-state index in [2.05, 4.69) is 34.3 Å². The number of nitriles is 1. The van der Waals surface area contributed by atoms with Gasteiger partial charge < -0.3 is 21.1 Å². The number of rotatable bonds is 6. The Morgan fingerprint density at radius 2 is 2.16 bits per heavy atom. The predicted molar refractivity (Wildman–Crippen MR) is 97.6 cm³/mol. The zero-order valence-electron chi connectivity index (χ0n) is 14.1. The Bertz CT molecular complexity index is 925. The summed E-state index contributed by atoms with van der Waals surface area (Å²) in [6.45, 7) is 2.42. The fourth-order valence-electron chi connectivity index (χ4n) is 2.96. The van der Waals surface area contributed by atoms with Gasteiger partial charge in [-0.15, -0.1) is 0 Å². The molecule has 0 aliphatic rings. The van der Waals surface area contributed by atoms with E-state index < -0.39 is 0 Å². The molecule has 0 saturated carbocycles. The molecule has 0 aliphatic carbocycles. The topological polar surface area (TPSA) is 111 Å². The molecule has 0 spiro atoms. The fourth-order valence-corrected chi connectivity index (χ4v) is 2.96. The maximum absolute atomic E-state index is 9.50. The Hall–Kier alpha value is -2.88. The van der Waals surface area contributed by atoms with Crippen LogP contribution in [-0.4, -0.2) is 21.1 Å². The van der Waals surface area contributed by atoms with Crippen molar-refractivity contribution in [2.75, 3.05) is 5.73 Å². The van der Waals surface area contributed by atoms with E-state index in [0.29, 0.717) is 23.4 Å². The number of nitrogens with two attached hydrogens (primary N) is 1. The first-order valence-corrected chi connectivity index (χ1v) is 8.20. The lowest BCUT2D eigenvalue weighted by Crippen LogP contribution is -2.28. The fraction of sp³-hybridized carbons (Fsp3) is 0.263. The van der Waals surface area contributed by atoms with Crippen LogP contribution in [0.1, 0.15) is 29.3 Å². The number of aliphatic hydroxyl groups is 1. The van der Waals surface area contributed by atoms with Gasteiger partial charge in [-0.25, -0.2) is 4.98 Å². The number of pyridine rings is 1. The number of fused-ring (bicyclic) bond motifs is 1. The van der Waals surface area contributed by atoms with Crippen LogP contribution in [0.3, 0.4) is 0 Å². The average molecular weight is 335 g/mol. The van der Waals surface area contributed by atoms with Crippen LogP contribution in [-0.2, 0) is 19.6 Å². The van der Waals surface area contributed by atoms with Gasteiger partial charge in [-0.05, 0) is 31.0 Å². The monoisotopic (exact) mass is 335 g/mol. The molecule has 1 atom stereocenters. The largest absolute Gasteiger partial charge is 0.392 e. The lowest BCUT2D eigenvalue weighted by molar-refractivity contribution is 0.279. The van der Waals surface area contributed by atoms with Crippen molar-refractivity contribution in [3.8, 4) is 6.07 Å². The van der Waals surface area contributed by atoms with Gasteiger partial charge in [-0.2, -0.15) is 5.26 Å². The number of aromatic amines is 1. The number of nitrogen functional groups attached to an aromatic ring is 1. The number of nitrogens with one attached hydrogen (secondary N) is 2. The van der Waals surface area contributed by atoms with E-state index in [4.69, 9.17) is 11.0 Å². The third-order valence-corrected chi connectivity index (χ3v) is 4.33. The van der Waals surface area contributed by atoms with Crippen LogP contribution in [0.2, 0.25) is 0 Å². The summed E-state index contributed by atoms with van der Waals surface area (Å²) in [5.74, 6) is 0.195. The van der Waals surface area contributed by atoms with Crippen LogP contribution in [0.4, 0.5) is 5.82 Å². The minimum Gasteiger partial charge on any atom is -0.392 e. The first-order valence-electron chi connectivity index (χ1n) is 8.20. The normalized spacial score (nSPS) is 12.2. The van der Waals surface area contributed by atoms with E-state index in [9.17, 15) is 5.11 Å². The van der Waals surface area contributed by atoms with Gasteiger partial charge in [0.2, 0.25) is 0 Å². The summed E-state index contributed by atoms with van der Waals surface area (Å²) in [6.07, 6.45) is 2.91. The van der Waals surface area contributed by atoms with Gasteiger partial charge in [0.1, 0.15) is 11.9 Å². The van der Waals surface area contributed by atoms with E-state index in [1.807, 2.05) is 24.4 Å². The Kier molecular flexibility index (Phi) is 4.98. The highest BCUT2D eigenvalue weighted by atomic mass is 16.3. The lowest BCUT2D eigenvalue weighted by Gasteiger charge is -2.15. The van der Waals surface area contributed by atoms with Crippen molar-refractivity contribution in [3.63, 3.8) is 0 Å². The van der Waals surface area contributed by atoms with Gasteiger partial charge >= 0.3 is 0 Å². The van der Waals surface area contributed by atoms with Crippen molar-refractivity contribution in [1.82, 2.24) is 15.3 Å². The molecular formula is C19H21N5O. The van der Waals surface area contributed by atoms with E-state index in [0.717, 1.165) is 11.9 Å². The minimum atomic E-state index is -0.171. The summed E-state index contributed by atoms with van der Waals surface area (Å²) >= 11 is 0. The Balaban J connectivity index is 1.69. The van der Waals surface area contributed by atoms with Crippen LogP contribution in [0, 0.1) is 11.3 Å².